The van der Waals surface area contributed by atoms with Gasteiger partial charge in [0.15, 0.2) is 0 Å². The summed E-state index contributed by atoms with van der Waals surface area (Å²) >= 11 is 3.61. The number of benzene rings is 1. The molecule has 1 aliphatic rings. The van der Waals surface area contributed by atoms with Gasteiger partial charge in [-0.25, -0.2) is 0 Å². The first-order chi connectivity index (χ1) is 7.27. The van der Waals surface area contributed by atoms with Gasteiger partial charge in [-0.15, -0.1) is 0 Å². The molecule has 0 fully saturated rings. The highest BCUT2D eigenvalue weighted by atomic mass is 79.9. The van der Waals surface area contributed by atoms with Gasteiger partial charge in [-0.2, -0.15) is 0 Å². The number of fused-ring (bicyclic) bond motifs is 3. The molecule has 3 rings (SSSR count). The summed E-state index contributed by atoms with van der Waals surface area (Å²) in [5.41, 5.74) is 9.97. The molecule has 3 N–H and O–H groups in total. The molecule has 15 heavy (non-hydrogen) atoms. The Morgan fingerprint density at radius 3 is 3.13 bits per heavy atom. The van der Waals surface area contributed by atoms with Crippen LogP contribution in [-0.2, 0) is 6.42 Å². The zero-order chi connectivity index (χ0) is 10.4. The predicted molar refractivity (Wildman–Crippen MR) is 65.9 cm³/mol. The van der Waals surface area contributed by atoms with E-state index in [4.69, 9.17) is 5.73 Å². The average molecular weight is 265 g/mol. The lowest BCUT2D eigenvalue weighted by Gasteiger charge is -2.18. The van der Waals surface area contributed by atoms with Crippen LogP contribution in [-0.4, -0.2) is 4.98 Å². The molecule has 1 atom stereocenters. The summed E-state index contributed by atoms with van der Waals surface area (Å²) in [4.78, 5) is 3.45. The van der Waals surface area contributed by atoms with Gasteiger partial charge in [0.25, 0.3) is 0 Å². The molecule has 1 aromatic carbocycles. The molecule has 2 nitrogen and oxygen atoms in total. The number of nitrogens with one attached hydrogen (secondary N) is 1. The Balaban J connectivity index is 2.36. The maximum atomic E-state index is 6.11. The number of rotatable bonds is 0. The molecule has 0 bridgehead atoms. The smallest absolute Gasteiger partial charge is 0.0470 e. The summed E-state index contributed by atoms with van der Waals surface area (Å²) in [7, 11) is 0. The van der Waals surface area contributed by atoms with Crippen molar-refractivity contribution in [3.63, 3.8) is 0 Å². The van der Waals surface area contributed by atoms with Gasteiger partial charge >= 0.3 is 0 Å². The van der Waals surface area contributed by atoms with E-state index in [1.807, 2.05) is 0 Å². The van der Waals surface area contributed by atoms with E-state index in [0.29, 0.717) is 0 Å². The van der Waals surface area contributed by atoms with Crippen molar-refractivity contribution in [3.05, 3.63) is 33.9 Å². The van der Waals surface area contributed by atoms with Crippen molar-refractivity contribution in [3.8, 4) is 0 Å². The number of aromatic nitrogens is 1. The topological polar surface area (TPSA) is 41.8 Å². The fourth-order valence-corrected chi connectivity index (χ4v) is 3.11. The van der Waals surface area contributed by atoms with Crippen molar-refractivity contribution in [1.29, 1.82) is 0 Å². The van der Waals surface area contributed by atoms with Gasteiger partial charge in [0.1, 0.15) is 0 Å². The largest absolute Gasteiger partial charge is 0.357 e. The van der Waals surface area contributed by atoms with Crippen molar-refractivity contribution in [2.75, 3.05) is 0 Å². The molecule has 0 aliphatic heterocycles. The van der Waals surface area contributed by atoms with Crippen molar-refractivity contribution in [1.82, 2.24) is 4.98 Å². The van der Waals surface area contributed by atoms with Crippen molar-refractivity contribution in [2.24, 2.45) is 5.73 Å². The highest BCUT2D eigenvalue weighted by Gasteiger charge is 2.22. The van der Waals surface area contributed by atoms with E-state index in [-0.39, 0.29) is 6.04 Å². The van der Waals surface area contributed by atoms with Crippen LogP contribution in [0.2, 0.25) is 0 Å². The first-order valence-electron chi connectivity index (χ1n) is 5.32. The van der Waals surface area contributed by atoms with E-state index >= 15 is 0 Å². The fraction of sp³-hybridized carbons (Fsp3) is 0.333. The average Bonchev–Trinajstić information content (AvgIpc) is 2.59. The van der Waals surface area contributed by atoms with Crippen LogP contribution in [0.15, 0.2) is 22.7 Å². The zero-order valence-electron chi connectivity index (χ0n) is 8.39. The molecule has 1 aliphatic carbocycles. The fourth-order valence-electron chi connectivity index (χ4n) is 2.51. The number of hydrogen-bond acceptors (Lipinski definition) is 1. The molecular formula is C12H13BrN2. The second kappa shape index (κ2) is 3.35. The summed E-state index contributed by atoms with van der Waals surface area (Å²) in [6, 6.07) is 6.45. The van der Waals surface area contributed by atoms with Crippen LogP contribution >= 0.6 is 15.9 Å². The first-order valence-corrected chi connectivity index (χ1v) is 6.11. The molecule has 78 valence electrons. The normalized spacial score (nSPS) is 20.5. The lowest BCUT2D eigenvalue weighted by molar-refractivity contribution is 0.562. The Labute approximate surface area is 97.0 Å². The van der Waals surface area contributed by atoms with Gasteiger partial charge in [0.2, 0.25) is 0 Å². The second-order valence-electron chi connectivity index (χ2n) is 4.18. The number of nitrogens with two attached hydrogens (primary N) is 1. The summed E-state index contributed by atoms with van der Waals surface area (Å²) in [6.07, 6.45) is 3.44. The number of aryl methyl sites for hydroxylation is 1. The maximum Gasteiger partial charge on any atom is 0.0470 e. The van der Waals surface area contributed by atoms with E-state index in [2.05, 4.69) is 39.1 Å². The quantitative estimate of drug-likeness (QED) is 0.754. The van der Waals surface area contributed by atoms with Crippen LogP contribution in [0.25, 0.3) is 10.9 Å². The maximum absolute atomic E-state index is 6.11. The third-order valence-electron chi connectivity index (χ3n) is 3.22. The van der Waals surface area contributed by atoms with Gasteiger partial charge in [0.05, 0.1) is 0 Å². The molecule has 3 heteroatoms. The minimum atomic E-state index is 0.188. The number of aromatic amines is 1. The van der Waals surface area contributed by atoms with Gasteiger partial charge in [0, 0.05) is 27.1 Å². The minimum Gasteiger partial charge on any atom is -0.357 e. The van der Waals surface area contributed by atoms with Gasteiger partial charge in [-0.3, -0.25) is 0 Å². The van der Waals surface area contributed by atoms with E-state index in [9.17, 15) is 0 Å². The molecule has 0 spiro atoms. The Morgan fingerprint density at radius 1 is 1.40 bits per heavy atom. The zero-order valence-corrected chi connectivity index (χ0v) is 9.97. The highest BCUT2D eigenvalue weighted by molar-refractivity contribution is 9.10. The third-order valence-corrected chi connectivity index (χ3v) is 3.88. The van der Waals surface area contributed by atoms with Crippen LogP contribution in [0.5, 0.6) is 0 Å². The van der Waals surface area contributed by atoms with Gasteiger partial charge in [-0.05, 0) is 37.0 Å². The minimum absolute atomic E-state index is 0.188. The van der Waals surface area contributed by atoms with Crippen LogP contribution in [0.1, 0.15) is 30.1 Å². The van der Waals surface area contributed by atoms with Crippen LogP contribution in [0, 0.1) is 0 Å². The molecule has 0 saturated carbocycles. The second-order valence-corrected chi connectivity index (χ2v) is 5.03. The molecule has 1 aromatic heterocycles. The Bertz CT molecular complexity index is 516. The van der Waals surface area contributed by atoms with Gasteiger partial charge in [-0.1, -0.05) is 22.0 Å². The standard InChI is InChI=1S/C12H13BrN2/c13-8-4-2-6-10-11(8)7-3-1-5-9(14)12(7)15-10/h2,4,6,9,15H,1,3,5,14H2. The monoisotopic (exact) mass is 264 g/mol. The molecule has 2 aromatic rings. The highest BCUT2D eigenvalue weighted by Crippen LogP contribution is 2.36. The molecular weight excluding hydrogens is 252 g/mol. The number of hydrogen-bond donors (Lipinski definition) is 2. The summed E-state index contributed by atoms with van der Waals surface area (Å²) < 4.78 is 1.17. The van der Waals surface area contributed by atoms with E-state index in [1.54, 1.807) is 0 Å². The molecule has 0 saturated heterocycles. The van der Waals surface area contributed by atoms with E-state index in [1.165, 1.54) is 33.1 Å². The van der Waals surface area contributed by atoms with Crippen molar-refractivity contribution < 1.29 is 0 Å². The molecule has 1 unspecified atom stereocenters. The Hall–Kier alpha value is -0.800. The van der Waals surface area contributed by atoms with Crippen molar-refractivity contribution in [2.45, 2.75) is 25.3 Å². The summed E-state index contributed by atoms with van der Waals surface area (Å²) in [6.45, 7) is 0. The Kier molecular flexibility index (Phi) is 2.11. The predicted octanol–water partition coefficient (Wildman–Crippen LogP) is 3.27. The molecule has 0 amide bonds. The van der Waals surface area contributed by atoms with E-state index < -0.39 is 0 Å². The van der Waals surface area contributed by atoms with Crippen LogP contribution in [0.4, 0.5) is 0 Å². The lowest BCUT2D eigenvalue weighted by atomic mass is 9.92. The Morgan fingerprint density at radius 2 is 2.27 bits per heavy atom. The molecule has 0 radical (unpaired) electrons. The number of H-pyrrole nitrogens is 1. The van der Waals surface area contributed by atoms with Crippen molar-refractivity contribution >= 4 is 26.8 Å². The van der Waals surface area contributed by atoms with Crippen LogP contribution < -0.4 is 5.73 Å². The van der Waals surface area contributed by atoms with Gasteiger partial charge < -0.3 is 10.7 Å². The van der Waals surface area contributed by atoms with E-state index in [0.717, 1.165) is 12.8 Å². The lowest BCUT2D eigenvalue weighted by Crippen LogP contribution is -2.16. The summed E-state index contributed by atoms with van der Waals surface area (Å²) in [5.74, 6) is 0. The van der Waals surface area contributed by atoms with Crippen LogP contribution in [0.3, 0.4) is 0 Å². The first kappa shape index (κ1) is 9.43. The summed E-state index contributed by atoms with van der Waals surface area (Å²) in [5, 5.41) is 1.32. The SMILES string of the molecule is NC1CCCc2c1[nH]c1cccc(Br)c21. The molecule has 1 heterocycles. The third kappa shape index (κ3) is 1.34. The number of halogens is 1.